The summed E-state index contributed by atoms with van der Waals surface area (Å²) < 4.78 is 24.6. The molecular formula is C7H2BrClF2N2O3. The molecule has 0 unspecified atom stereocenters. The van der Waals surface area contributed by atoms with Gasteiger partial charge in [0.2, 0.25) is 5.69 Å². The molecule has 86 valence electrons. The number of hydrogen-bond acceptors (Lipinski definition) is 4. The van der Waals surface area contributed by atoms with Gasteiger partial charge in [0.15, 0.2) is 0 Å². The standard InChI is InChI=1S/C7H2BrClF2N2O3/c8-4-2(6(9)14)1-3(13(15)16)12-5(4)7(10)11/h1,7H. The smallest absolute Gasteiger partial charge is 0.358 e. The van der Waals surface area contributed by atoms with Gasteiger partial charge in [0.1, 0.15) is 0 Å². The van der Waals surface area contributed by atoms with E-state index < -0.39 is 33.7 Å². The molecule has 16 heavy (non-hydrogen) atoms. The van der Waals surface area contributed by atoms with Gasteiger partial charge in [-0.3, -0.25) is 4.79 Å². The number of nitrogens with zero attached hydrogens (tertiary/aromatic N) is 2. The second-order valence-electron chi connectivity index (χ2n) is 2.56. The molecule has 9 heteroatoms. The largest absolute Gasteiger partial charge is 0.364 e. The van der Waals surface area contributed by atoms with Crippen LogP contribution in [0.4, 0.5) is 14.6 Å². The van der Waals surface area contributed by atoms with Crippen molar-refractivity contribution in [2.45, 2.75) is 6.43 Å². The Balaban J connectivity index is 3.51. The fourth-order valence-electron chi connectivity index (χ4n) is 0.916. The average Bonchev–Trinajstić information content (AvgIpc) is 2.16. The first kappa shape index (κ1) is 12.9. The maximum atomic E-state index is 12.4. The summed E-state index contributed by atoms with van der Waals surface area (Å²) in [4.78, 5) is 23.4. The van der Waals surface area contributed by atoms with Crippen molar-refractivity contribution in [3.8, 4) is 0 Å². The predicted octanol–water partition coefficient (Wildman–Crippen LogP) is 3.07. The summed E-state index contributed by atoms with van der Waals surface area (Å²) in [6.45, 7) is 0. The lowest BCUT2D eigenvalue weighted by Crippen LogP contribution is -2.03. The Labute approximate surface area is 101 Å². The Bertz CT molecular complexity index is 469. The molecule has 0 fully saturated rings. The van der Waals surface area contributed by atoms with Crippen LogP contribution in [0.2, 0.25) is 0 Å². The van der Waals surface area contributed by atoms with Crippen LogP contribution < -0.4 is 0 Å². The molecule has 0 aromatic carbocycles. The van der Waals surface area contributed by atoms with E-state index in [9.17, 15) is 23.7 Å². The summed E-state index contributed by atoms with van der Waals surface area (Å²) >= 11 is 7.79. The number of halogens is 4. The van der Waals surface area contributed by atoms with Gasteiger partial charge in [-0.05, 0) is 37.4 Å². The topological polar surface area (TPSA) is 73.1 Å². The number of rotatable bonds is 3. The molecule has 0 aliphatic heterocycles. The van der Waals surface area contributed by atoms with Crippen LogP contribution in [0.1, 0.15) is 22.5 Å². The maximum Gasteiger partial charge on any atom is 0.364 e. The summed E-state index contributed by atoms with van der Waals surface area (Å²) in [6.07, 6.45) is -3.05. The highest BCUT2D eigenvalue weighted by Crippen LogP contribution is 2.31. The lowest BCUT2D eigenvalue weighted by atomic mass is 10.2. The van der Waals surface area contributed by atoms with Crippen molar-refractivity contribution in [1.29, 1.82) is 0 Å². The van der Waals surface area contributed by atoms with Crippen molar-refractivity contribution in [2.24, 2.45) is 0 Å². The Morgan fingerprint density at radius 2 is 2.19 bits per heavy atom. The van der Waals surface area contributed by atoms with E-state index in [4.69, 9.17) is 11.6 Å². The van der Waals surface area contributed by atoms with E-state index in [-0.39, 0.29) is 4.47 Å². The SMILES string of the molecule is O=C(Cl)c1cc([N+](=O)[O-])nc(C(F)F)c1Br. The van der Waals surface area contributed by atoms with Gasteiger partial charge in [-0.1, -0.05) is 0 Å². The third kappa shape index (κ3) is 2.50. The fraction of sp³-hybridized carbons (Fsp3) is 0.143. The van der Waals surface area contributed by atoms with Crippen LogP contribution in [0.15, 0.2) is 10.5 Å². The summed E-state index contributed by atoms with van der Waals surface area (Å²) in [5.74, 6) is -0.859. The van der Waals surface area contributed by atoms with Crippen molar-refractivity contribution >= 4 is 38.6 Å². The number of pyridine rings is 1. The monoisotopic (exact) mass is 314 g/mol. The number of alkyl halides is 2. The number of hydrogen-bond donors (Lipinski definition) is 0. The van der Waals surface area contributed by atoms with E-state index in [0.29, 0.717) is 0 Å². The number of nitro groups is 1. The van der Waals surface area contributed by atoms with Crippen molar-refractivity contribution < 1.29 is 18.5 Å². The van der Waals surface area contributed by atoms with E-state index in [1.165, 1.54) is 0 Å². The molecule has 0 atom stereocenters. The summed E-state index contributed by atoms with van der Waals surface area (Å²) in [6, 6.07) is 0.727. The van der Waals surface area contributed by atoms with E-state index in [2.05, 4.69) is 20.9 Å². The van der Waals surface area contributed by atoms with Crippen LogP contribution >= 0.6 is 27.5 Å². The first-order chi connectivity index (χ1) is 7.34. The summed E-state index contributed by atoms with van der Waals surface area (Å²) in [5, 5.41) is 9.31. The zero-order valence-electron chi connectivity index (χ0n) is 7.29. The van der Waals surface area contributed by atoms with Crippen molar-refractivity contribution in [2.75, 3.05) is 0 Å². The summed E-state index contributed by atoms with van der Waals surface area (Å²) in [5.41, 5.74) is -1.31. The molecule has 5 nitrogen and oxygen atoms in total. The molecule has 0 amide bonds. The van der Waals surface area contributed by atoms with Gasteiger partial charge in [-0.15, -0.1) is 0 Å². The minimum absolute atomic E-state index is 0.340. The zero-order chi connectivity index (χ0) is 12.5. The van der Waals surface area contributed by atoms with E-state index in [1.54, 1.807) is 0 Å². The average molecular weight is 315 g/mol. The van der Waals surface area contributed by atoms with Crippen LogP contribution in [0.5, 0.6) is 0 Å². The highest BCUT2D eigenvalue weighted by molar-refractivity contribution is 9.10. The van der Waals surface area contributed by atoms with Gasteiger partial charge in [0.25, 0.3) is 5.24 Å². The summed E-state index contributed by atoms with van der Waals surface area (Å²) in [7, 11) is 0. The maximum absolute atomic E-state index is 12.4. The minimum atomic E-state index is -3.05. The van der Waals surface area contributed by atoms with Crippen LogP contribution in [0.25, 0.3) is 0 Å². The van der Waals surface area contributed by atoms with E-state index in [1.807, 2.05) is 0 Å². The predicted molar refractivity (Wildman–Crippen MR) is 53.7 cm³/mol. The first-order valence-corrected chi connectivity index (χ1v) is 4.84. The fourth-order valence-corrected chi connectivity index (χ4v) is 1.74. The quantitative estimate of drug-likeness (QED) is 0.488. The molecule has 0 aliphatic carbocycles. The molecule has 1 rings (SSSR count). The first-order valence-electron chi connectivity index (χ1n) is 3.67. The Kier molecular flexibility index (Phi) is 3.87. The zero-order valence-corrected chi connectivity index (χ0v) is 9.63. The molecule has 0 bridgehead atoms. The number of carbonyl (C=O) groups excluding carboxylic acids is 1. The second kappa shape index (κ2) is 4.79. The van der Waals surface area contributed by atoms with Crippen molar-refractivity contribution in [1.82, 2.24) is 4.98 Å². The molecule has 1 aromatic rings. The number of aromatic nitrogens is 1. The van der Waals surface area contributed by atoms with E-state index >= 15 is 0 Å². The lowest BCUT2D eigenvalue weighted by molar-refractivity contribution is -0.389. The van der Waals surface area contributed by atoms with Crippen LogP contribution in [-0.4, -0.2) is 15.1 Å². The Morgan fingerprint density at radius 3 is 2.56 bits per heavy atom. The molecule has 1 aromatic heterocycles. The van der Waals surface area contributed by atoms with Crippen LogP contribution in [0, 0.1) is 10.1 Å². The molecule has 0 spiro atoms. The molecular weight excluding hydrogens is 313 g/mol. The van der Waals surface area contributed by atoms with Gasteiger partial charge < -0.3 is 10.1 Å². The molecule has 0 saturated heterocycles. The van der Waals surface area contributed by atoms with Gasteiger partial charge >= 0.3 is 12.2 Å². The van der Waals surface area contributed by atoms with Crippen molar-refractivity contribution in [3.05, 3.63) is 31.9 Å². The van der Waals surface area contributed by atoms with Crippen LogP contribution in [-0.2, 0) is 0 Å². The molecule has 0 N–H and O–H groups in total. The van der Waals surface area contributed by atoms with Gasteiger partial charge in [0, 0.05) is 6.07 Å². The molecule has 1 heterocycles. The van der Waals surface area contributed by atoms with Gasteiger partial charge in [0.05, 0.1) is 10.0 Å². The lowest BCUT2D eigenvalue weighted by Gasteiger charge is -2.02. The van der Waals surface area contributed by atoms with E-state index in [0.717, 1.165) is 6.07 Å². The Hall–Kier alpha value is -1.15. The second-order valence-corrected chi connectivity index (χ2v) is 3.70. The van der Waals surface area contributed by atoms with Gasteiger partial charge in [-0.2, -0.15) is 0 Å². The third-order valence-corrected chi connectivity index (χ3v) is 2.61. The highest BCUT2D eigenvalue weighted by Gasteiger charge is 2.27. The van der Waals surface area contributed by atoms with Gasteiger partial charge in [-0.25, -0.2) is 8.78 Å². The third-order valence-electron chi connectivity index (χ3n) is 1.58. The highest BCUT2D eigenvalue weighted by atomic mass is 79.9. The number of carbonyl (C=O) groups is 1. The molecule has 0 aliphatic rings. The minimum Gasteiger partial charge on any atom is -0.358 e. The van der Waals surface area contributed by atoms with Crippen molar-refractivity contribution in [3.63, 3.8) is 0 Å². The normalized spacial score (nSPS) is 10.6. The molecule has 0 saturated carbocycles. The Morgan fingerprint density at radius 1 is 1.62 bits per heavy atom. The van der Waals surface area contributed by atoms with Crippen LogP contribution in [0.3, 0.4) is 0 Å². The molecule has 0 radical (unpaired) electrons.